The number of carbonyl (C=O) groups is 1. The summed E-state index contributed by atoms with van der Waals surface area (Å²) in [4.78, 5) is 19.1. The van der Waals surface area contributed by atoms with Crippen molar-refractivity contribution < 1.29 is 9.63 Å². The molecule has 3 heteroatoms. The van der Waals surface area contributed by atoms with Crippen molar-refractivity contribution in [2.24, 2.45) is 5.41 Å². The predicted molar refractivity (Wildman–Crippen MR) is 94.2 cm³/mol. The zero-order chi connectivity index (χ0) is 16.7. The van der Waals surface area contributed by atoms with Crippen LogP contribution < -0.4 is 5.06 Å². The first-order chi connectivity index (χ1) is 11.6. The summed E-state index contributed by atoms with van der Waals surface area (Å²) in [7, 11) is 0. The molecule has 1 atom stereocenters. The SMILES string of the molecule is CC1(C)CC(=O)C2=C(C1)ON(c1ccccc1)[C@@H]2c1ccccc1. The largest absolute Gasteiger partial charge is 0.383 e. The summed E-state index contributed by atoms with van der Waals surface area (Å²) in [5, 5.41) is 1.89. The highest BCUT2D eigenvalue weighted by molar-refractivity contribution is 5.99. The lowest BCUT2D eigenvalue weighted by Gasteiger charge is -2.28. The molecule has 122 valence electrons. The molecule has 0 aromatic heterocycles. The zero-order valence-electron chi connectivity index (χ0n) is 14.0. The average molecular weight is 319 g/mol. The Labute approximate surface area is 142 Å². The van der Waals surface area contributed by atoms with Crippen LogP contribution in [0.5, 0.6) is 0 Å². The number of allylic oxidation sites excluding steroid dienone is 1. The number of ketones is 1. The highest BCUT2D eigenvalue weighted by atomic mass is 16.7. The maximum atomic E-state index is 12.9. The highest BCUT2D eigenvalue weighted by Gasteiger charge is 2.45. The van der Waals surface area contributed by atoms with Gasteiger partial charge in [0.2, 0.25) is 0 Å². The maximum absolute atomic E-state index is 12.9. The molecule has 1 aliphatic carbocycles. The number of nitrogens with zero attached hydrogens (tertiary/aromatic N) is 1. The van der Waals surface area contributed by atoms with Crippen LogP contribution in [0.3, 0.4) is 0 Å². The molecule has 0 saturated carbocycles. The second-order valence-electron chi connectivity index (χ2n) is 7.34. The first-order valence-corrected chi connectivity index (χ1v) is 8.39. The van der Waals surface area contributed by atoms with E-state index in [1.807, 2.05) is 53.6 Å². The number of anilines is 1. The van der Waals surface area contributed by atoms with Gasteiger partial charge >= 0.3 is 0 Å². The van der Waals surface area contributed by atoms with E-state index in [0.29, 0.717) is 6.42 Å². The van der Waals surface area contributed by atoms with Crippen molar-refractivity contribution in [3.63, 3.8) is 0 Å². The predicted octanol–water partition coefficient (Wildman–Crippen LogP) is 4.82. The molecule has 0 spiro atoms. The fourth-order valence-electron chi connectivity index (χ4n) is 3.67. The van der Waals surface area contributed by atoms with Crippen molar-refractivity contribution in [3.8, 4) is 0 Å². The summed E-state index contributed by atoms with van der Waals surface area (Å²) in [6.45, 7) is 4.25. The van der Waals surface area contributed by atoms with Gasteiger partial charge in [0.15, 0.2) is 5.78 Å². The van der Waals surface area contributed by atoms with Crippen LogP contribution in [-0.2, 0) is 9.63 Å². The summed E-state index contributed by atoms with van der Waals surface area (Å²) in [5.74, 6) is 1.03. The van der Waals surface area contributed by atoms with Crippen LogP contribution in [0.25, 0.3) is 0 Å². The maximum Gasteiger partial charge on any atom is 0.165 e. The van der Waals surface area contributed by atoms with Crippen molar-refractivity contribution in [1.82, 2.24) is 0 Å². The summed E-state index contributed by atoms with van der Waals surface area (Å²) < 4.78 is 0. The molecule has 0 radical (unpaired) electrons. The minimum atomic E-state index is -0.174. The van der Waals surface area contributed by atoms with Crippen LogP contribution in [0.15, 0.2) is 72.0 Å². The molecule has 3 nitrogen and oxygen atoms in total. The van der Waals surface area contributed by atoms with E-state index >= 15 is 0 Å². The molecule has 0 unspecified atom stereocenters. The molecule has 0 bridgehead atoms. The van der Waals surface area contributed by atoms with Crippen molar-refractivity contribution in [1.29, 1.82) is 0 Å². The lowest BCUT2D eigenvalue weighted by molar-refractivity contribution is -0.118. The van der Waals surface area contributed by atoms with Gasteiger partial charge in [-0.1, -0.05) is 62.4 Å². The molecule has 1 aliphatic heterocycles. The fraction of sp³-hybridized carbons (Fsp3) is 0.286. The van der Waals surface area contributed by atoms with Gasteiger partial charge in [0.25, 0.3) is 0 Å². The lowest BCUT2D eigenvalue weighted by Crippen LogP contribution is -2.27. The van der Waals surface area contributed by atoms with Gasteiger partial charge in [0.05, 0.1) is 11.3 Å². The molecule has 1 heterocycles. The molecule has 0 amide bonds. The Morgan fingerprint density at radius 1 is 0.958 bits per heavy atom. The molecule has 2 aromatic rings. The van der Waals surface area contributed by atoms with E-state index in [1.54, 1.807) is 0 Å². The van der Waals surface area contributed by atoms with Gasteiger partial charge in [-0.2, -0.15) is 5.06 Å². The number of Topliss-reactive ketones (excluding diaryl/α,β-unsaturated/α-hetero) is 1. The topological polar surface area (TPSA) is 29.5 Å². The van der Waals surface area contributed by atoms with Gasteiger partial charge in [0.1, 0.15) is 11.8 Å². The number of benzene rings is 2. The van der Waals surface area contributed by atoms with Crippen molar-refractivity contribution >= 4 is 11.5 Å². The minimum absolute atomic E-state index is 0.0517. The Balaban J connectivity index is 1.82. The Morgan fingerprint density at radius 3 is 2.25 bits per heavy atom. The van der Waals surface area contributed by atoms with E-state index in [2.05, 4.69) is 26.0 Å². The van der Waals surface area contributed by atoms with Crippen LogP contribution in [0.1, 0.15) is 38.3 Å². The molecule has 0 N–H and O–H groups in total. The van der Waals surface area contributed by atoms with E-state index in [-0.39, 0.29) is 17.2 Å². The standard InChI is InChI=1S/C21H21NO2/c1-21(2)13-17(23)19-18(14-21)24-22(16-11-7-4-8-12-16)20(19)15-9-5-3-6-10-15/h3-12,20H,13-14H2,1-2H3/t20-/m1/s1. The Kier molecular flexibility index (Phi) is 3.45. The minimum Gasteiger partial charge on any atom is -0.383 e. The first kappa shape index (κ1) is 15.0. The molecule has 0 saturated heterocycles. The van der Waals surface area contributed by atoms with Crippen molar-refractivity contribution in [2.75, 3.05) is 5.06 Å². The van der Waals surface area contributed by atoms with Gasteiger partial charge in [-0.15, -0.1) is 0 Å². The summed E-state index contributed by atoms with van der Waals surface area (Å²) >= 11 is 0. The van der Waals surface area contributed by atoms with Crippen LogP contribution in [0.4, 0.5) is 5.69 Å². The number of hydroxylamine groups is 1. The molecule has 0 fully saturated rings. The average Bonchev–Trinajstić information content (AvgIpc) is 2.94. The van der Waals surface area contributed by atoms with Crippen LogP contribution in [-0.4, -0.2) is 5.78 Å². The van der Waals surface area contributed by atoms with Crippen LogP contribution in [0, 0.1) is 5.41 Å². The number of para-hydroxylation sites is 1. The molecule has 2 aliphatic rings. The smallest absolute Gasteiger partial charge is 0.165 e. The van der Waals surface area contributed by atoms with E-state index in [4.69, 9.17) is 4.84 Å². The van der Waals surface area contributed by atoms with Gasteiger partial charge in [-0.3, -0.25) is 4.79 Å². The Morgan fingerprint density at radius 2 is 1.58 bits per heavy atom. The number of carbonyl (C=O) groups excluding carboxylic acids is 1. The van der Waals surface area contributed by atoms with E-state index < -0.39 is 0 Å². The summed E-state index contributed by atoms with van der Waals surface area (Å²) in [6, 6.07) is 20.0. The second-order valence-corrected chi connectivity index (χ2v) is 7.34. The van der Waals surface area contributed by atoms with E-state index in [1.165, 1.54) is 0 Å². The lowest BCUT2D eigenvalue weighted by atomic mass is 9.74. The molecule has 24 heavy (non-hydrogen) atoms. The number of hydrogen-bond acceptors (Lipinski definition) is 3. The zero-order valence-corrected chi connectivity index (χ0v) is 14.0. The normalized spacial score (nSPS) is 22.3. The van der Waals surface area contributed by atoms with Crippen LogP contribution in [0.2, 0.25) is 0 Å². The third-order valence-corrected chi connectivity index (χ3v) is 4.72. The van der Waals surface area contributed by atoms with Crippen LogP contribution >= 0.6 is 0 Å². The summed E-state index contributed by atoms with van der Waals surface area (Å²) in [5.41, 5.74) is 2.82. The third kappa shape index (κ3) is 2.50. The molecular weight excluding hydrogens is 298 g/mol. The molecule has 2 aromatic carbocycles. The van der Waals surface area contributed by atoms with E-state index in [9.17, 15) is 4.79 Å². The third-order valence-electron chi connectivity index (χ3n) is 4.72. The van der Waals surface area contributed by atoms with Gasteiger partial charge < -0.3 is 4.84 Å². The van der Waals surface area contributed by atoms with Gasteiger partial charge in [0, 0.05) is 12.8 Å². The molecule has 4 rings (SSSR count). The van der Waals surface area contributed by atoms with Gasteiger partial charge in [-0.05, 0) is 23.1 Å². The van der Waals surface area contributed by atoms with Gasteiger partial charge in [-0.25, -0.2) is 0 Å². The van der Waals surface area contributed by atoms with Crippen molar-refractivity contribution in [3.05, 3.63) is 77.6 Å². The van der Waals surface area contributed by atoms with E-state index in [0.717, 1.165) is 29.0 Å². The fourth-order valence-corrected chi connectivity index (χ4v) is 3.67. The Hall–Kier alpha value is -2.55. The quantitative estimate of drug-likeness (QED) is 0.794. The summed E-state index contributed by atoms with van der Waals surface area (Å²) in [6.07, 6.45) is 1.36. The molecular formula is C21H21NO2. The second kappa shape index (κ2) is 5.52. The first-order valence-electron chi connectivity index (χ1n) is 8.39. The number of rotatable bonds is 2. The highest BCUT2D eigenvalue weighted by Crippen LogP contribution is 2.49. The Bertz CT molecular complexity index is 793. The van der Waals surface area contributed by atoms with Crippen molar-refractivity contribution in [2.45, 2.75) is 32.7 Å². The number of hydrogen-bond donors (Lipinski definition) is 0. The monoisotopic (exact) mass is 319 g/mol.